The van der Waals surface area contributed by atoms with Crippen LogP contribution < -0.4 is 14.2 Å². The third kappa shape index (κ3) is 5.21. The standard InChI is InChI=1S/C30H28N4O6/c35-28-22-10-11-26(39-17-16-38-20-6-2-1-3-7-20)23(19-33-12-14-34(15-13-33)30(36)37)29(22)40-27(28)18-25-21-8-4-5-9-24(21)31-32-25/h1-11,18H,12-17,19H2,(H,31,32)(H,36,37). The highest BCUT2D eigenvalue weighted by Gasteiger charge is 2.33. The van der Waals surface area contributed by atoms with E-state index < -0.39 is 6.09 Å². The number of fused-ring (bicyclic) bond motifs is 2. The predicted molar refractivity (Wildman–Crippen MR) is 148 cm³/mol. The summed E-state index contributed by atoms with van der Waals surface area (Å²) >= 11 is 0. The number of ether oxygens (including phenoxy) is 3. The third-order valence-electron chi connectivity index (χ3n) is 7.04. The van der Waals surface area contributed by atoms with Crippen LogP contribution in [0.25, 0.3) is 17.0 Å². The van der Waals surface area contributed by atoms with Gasteiger partial charge in [0.05, 0.1) is 22.3 Å². The summed E-state index contributed by atoms with van der Waals surface area (Å²) in [6.07, 6.45) is 0.738. The molecule has 0 bridgehead atoms. The molecule has 10 heteroatoms. The number of carbonyl (C=O) groups is 2. The van der Waals surface area contributed by atoms with E-state index in [0.29, 0.717) is 68.7 Å². The van der Waals surface area contributed by atoms with Gasteiger partial charge in [0.15, 0.2) is 5.76 Å². The second kappa shape index (κ2) is 11.1. The maximum absolute atomic E-state index is 13.4. The van der Waals surface area contributed by atoms with Crippen molar-refractivity contribution in [2.24, 2.45) is 0 Å². The number of nitrogens with one attached hydrogen (secondary N) is 1. The third-order valence-corrected chi connectivity index (χ3v) is 7.04. The van der Waals surface area contributed by atoms with Crippen molar-refractivity contribution in [3.8, 4) is 17.2 Å². The summed E-state index contributed by atoms with van der Waals surface area (Å²) in [6, 6.07) is 20.7. The minimum atomic E-state index is -0.919. The Bertz CT molecular complexity index is 1570. The van der Waals surface area contributed by atoms with Crippen LogP contribution in [0.4, 0.5) is 4.79 Å². The number of H-pyrrole nitrogens is 1. The number of Topliss-reactive ketones (excluding diaryl/α,β-unsaturated/α-hetero) is 1. The molecule has 1 saturated heterocycles. The van der Waals surface area contributed by atoms with Gasteiger partial charge >= 0.3 is 6.09 Å². The van der Waals surface area contributed by atoms with E-state index in [0.717, 1.165) is 22.2 Å². The van der Waals surface area contributed by atoms with E-state index in [4.69, 9.17) is 14.2 Å². The van der Waals surface area contributed by atoms with Gasteiger partial charge in [-0.2, -0.15) is 5.10 Å². The van der Waals surface area contributed by atoms with Crippen molar-refractivity contribution >= 4 is 28.9 Å². The number of amides is 1. The summed E-state index contributed by atoms with van der Waals surface area (Å²) in [7, 11) is 0. The first-order valence-corrected chi connectivity index (χ1v) is 13.1. The van der Waals surface area contributed by atoms with Crippen molar-refractivity contribution in [1.82, 2.24) is 20.0 Å². The van der Waals surface area contributed by atoms with Crippen molar-refractivity contribution in [1.29, 1.82) is 0 Å². The first-order valence-electron chi connectivity index (χ1n) is 13.1. The lowest BCUT2D eigenvalue weighted by atomic mass is 10.0. The molecule has 2 N–H and O–H groups in total. The molecule has 0 radical (unpaired) electrons. The number of hydrogen-bond acceptors (Lipinski definition) is 7. The van der Waals surface area contributed by atoms with Gasteiger partial charge in [0.1, 0.15) is 30.5 Å². The Hall–Kier alpha value is -4.83. The molecule has 2 aliphatic rings. The Kier molecular flexibility index (Phi) is 7.07. The summed E-state index contributed by atoms with van der Waals surface area (Å²) in [5, 5.41) is 17.5. The highest BCUT2D eigenvalue weighted by atomic mass is 16.5. The average molecular weight is 541 g/mol. The average Bonchev–Trinajstić information content (AvgIpc) is 3.53. The van der Waals surface area contributed by atoms with Gasteiger partial charge < -0.3 is 24.2 Å². The minimum absolute atomic E-state index is 0.189. The van der Waals surface area contributed by atoms with Gasteiger partial charge in [-0.05, 0) is 30.3 Å². The van der Waals surface area contributed by atoms with E-state index in [1.54, 1.807) is 18.2 Å². The molecule has 0 spiro atoms. The van der Waals surface area contributed by atoms with Crippen LogP contribution in [0.3, 0.4) is 0 Å². The van der Waals surface area contributed by atoms with Crippen LogP contribution >= 0.6 is 0 Å². The van der Waals surface area contributed by atoms with Crippen LogP contribution in [0.5, 0.6) is 17.2 Å². The summed E-state index contributed by atoms with van der Waals surface area (Å²) in [4.78, 5) is 28.3. The Labute approximate surface area is 230 Å². The molecular weight excluding hydrogens is 512 g/mol. The number of aromatic amines is 1. The van der Waals surface area contributed by atoms with Gasteiger partial charge in [0, 0.05) is 44.2 Å². The topological polar surface area (TPSA) is 117 Å². The van der Waals surface area contributed by atoms with Crippen LogP contribution in [0.15, 0.2) is 72.5 Å². The molecule has 204 valence electrons. The van der Waals surface area contributed by atoms with Crippen molar-refractivity contribution in [2.75, 3.05) is 39.4 Å². The van der Waals surface area contributed by atoms with Crippen molar-refractivity contribution in [3.63, 3.8) is 0 Å². The SMILES string of the molecule is O=C1C(=Cc2n[nH]c3ccccc23)Oc2c1ccc(OCCOc1ccccc1)c2CN1CCN(C(=O)O)CC1. The van der Waals surface area contributed by atoms with Crippen molar-refractivity contribution < 1.29 is 28.9 Å². The number of nitrogens with zero attached hydrogens (tertiary/aromatic N) is 3. The lowest BCUT2D eigenvalue weighted by Crippen LogP contribution is -2.47. The molecule has 2 aliphatic heterocycles. The van der Waals surface area contributed by atoms with Crippen LogP contribution in [-0.4, -0.2) is 76.4 Å². The summed E-state index contributed by atoms with van der Waals surface area (Å²) in [5.41, 5.74) is 2.68. The number of para-hydroxylation sites is 2. The van der Waals surface area contributed by atoms with Crippen LogP contribution in [0.1, 0.15) is 21.6 Å². The number of hydrogen-bond donors (Lipinski definition) is 2. The fraction of sp³-hybridized carbons (Fsp3) is 0.233. The maximum atomic E-state index is 13.4. The van der Waals surface area contributed by atoms with Crippen LogP contribution in [0, 0.1) is 0 Å². The predicted octanol–water partition coefficient (Wildman–Crippen LogP) is 4.43. The van der Waals surface area contributed by atoms with Gasteiger partial charge in [-0.15, -0.1) is 0 Å². The molecule has 1 amide bonds. The molecule has 6 rings (SSSR count). The number of rotatable bonds is 8. The van der Waals surface area contributed by atoms with Gasteiger partial charge in [0.25, 0.3) is 0 Å². The zero-order valence-electron chi connectivity index (χ0n) is 21.7. The molecule has 1 aromatic heterocycles. The van der Waals surface area contributed by atoms with Gasteiger partial charge in [-0.1, -0.05) is 36.4 Å². The van der Waals surface area contributed by atoms with Gasteiger partial charge in [0.2, 0.25) is 5.78 Å². The molecule has 1 fully saturated rings. The first-order chi connectivity index (χ1) is 19.6. The zero-order chi connectivity index (χ0) is 27.5. The van der Waals surface area contributed by atoms with Gasteiger partial charge in [-0.3, -0.25) is 14.8 Å². The van der Waals surface area contributed by atoms with Gasteiger partial charge in [-0.25, -0.2) is 4.79 Å². The highest BCUT2D eigenvalue weighted by molar-refractivity contribution is 6.15. The van der Waals surface area contributed by atoms with Crippen LogP contribution in [-0.2, 0) is 6.54 Å². The Morgan fingerprint density at radius 2 is 1.73 bits per heavy atom. The number of carbonyl (C=O) groups excluding carboxylic acids is 1. The van der Waals surface area contributed by atoms with E-state index in [2.05, 4.69) is 15.1 Å². The number of aromatic nitrogens is 2. The normalized spacial score (nSPS) is 16.2. The summed E-state index contributed by atoms with van der Waals surface area (Å²) < 4.78 is 18.1. The molecule has 0 aliphatic carbocycles. The summed E-state index contributed by atoms with van der Waals surface area (Å²) in [6.45, 7) is 3.01. The Balaban J connectivity index is 1.25. The number of benzene rings is 3. The molecule has 0 atom stereocenters. The lowest BCUT2D eigenvalue weighted by molar-refractivity contribution is 0.101. The maximum Gasteiger partial charge on any atom is 0.407 e. The van der Waals surface area contributed by atoms with E-state index >= 15 is 0 Å². The number of piperazine rings is 1. The number of carboxylic acid groups (broad SMARTS) is 1. The molecule has 40 heavy (non-hydrogen) atoms. The smallest absolute Gasteiger partial charge is 0.407 e. The van der Waals surface area contributed by atoms with E-state index in [1.807, 2.05) is 54.6 Å². The second-order valence-electron chi connectivity index (χ2n) is 9.57. The Morgan fingerprint density at radius 1 is 0.975 bits per heavy atom. The molecular formula is C30H28N4O6. The fourth-order valence-corrected chi connectivity index (χ4v) is 4.94. The zero-order valence-corrected chi connectivity index (χ0v) is 21.7. The number of ketones is 1. The molecule has 3 aromatic carbocycles. The molecule has 0 saturated carbocycles. The molecule has 10 nitrogen and oxygen atoms in total. The van der Waals surface area contributed by atoms with Crippen molar-refractivity contribution in [3.05, 3.63) is 89.3 Å². The second-order valence-corrected chi connectivity index (χ2v) is 9.57. The minimum Gasteiger partial charge on any atom is -0.490 e. The quantitative estimate of drug-likeness (QED) is 0.249. The first kappa shape index (κ1) is 25.4. The van der Waals surface area contributed by atoms with E-state index in [9.17, 15) is 14.7 Å². The molecule has 4 aromatic rings. The monoisotopic (exact) mass is 540 g/mol. The molecule has 0 unspecified atom stereocenters. The Morgan fingerprint density at radius 3 is 2.52 bits per heavy atom. The lowest BCUT2D eigenvalue weighted by Gasteiger charge is -2.33. The van der Waals surface area contributed by atoms with E-state index in [1.165, 1.54) is 4.90 Å². The molecule has 3 heterocycles. The van der Waals surface area contributed by atoms with E-state index in [-0.39, 0.29) is 11.5 Å². The fourth-order valence-electron chi connectivity index (χ4n) is 4.94. The van der Waals surface area contributed by atoms with Crippen molar-refractivity contribution in [2.45, 2.75) is 6.54 Å². The number of allylic oxidation sites excluding steroid dienone is 1. The largest absolute Gasteiger partial charge is 0.490 e. The van der Waals surface area contributed by atoms with Crippen LogP contribution in [0.2, 0.25) is 0 Å². The highest BCUT2D eigenvalue weighted by Crippen LogP contribution is 2.41. The summed E-state index contributed by atoms with van der Waals surface area (Å²) in [5.74, 6) is 1.77.